The molecule has 0 amide bonds. The van der Waals surface area contributed by atoms with E-state index in [9.17, 15) is 4.57 Å². The quantitative estimate of drug-likeness (QED) is 0.691. The molecule has 3 atom stereocenters. The Morgan fingerprint density at radius 3 is 2.17 bits per heavy atom. The Morgan fingerprint density at radius 2 is 1.62 bits per heavy atom. The monoisotopic (exact) mass is 343 g/mol. The fourth-order valence-corrected chi connectivity index (χ4v) is 6.18. The second kappa shape index (κ2) is 7.23. The van der Waals surface area contributed by atoms with Crippen molar-refractivity contribution in [2.24, 2.45) is 0 Å². The lowest BCUT2D eigenvalue weighted by atomic mass is 9.95. The molecule has 1 aliphatic rings. The molecule has 0 saturated carbocycles. The van der Waals surface area contributed by atoms with Crippen LogP contribution in [0.15, 0.2) is 60.7 Å². The minimum absolute atomic E-state index is 0.0839. The van der Waals surface area contributed by atoms with Gasteiger partial charge in [-0.05, 0) is 31.4 Å². The van der Waals surface area contributed by atoms with Gasteiger partial charge in [0.25, 0.3) is 7.52 Å². The summed E-state index contributed by atoms with van der Waals surface area (Å²) in [7, 11) is -2.80. The number of nitrogens with zero attached hydrogens (tertiary/aromatic N) is 1. The van der Waals surface area contributed by atoms with Gasteiger partial charge in [0.15, 0.2) is 0 Å². The fourth-order valence-electron chi connectivity index (χ4n) is 3.62. The van der Waals surface area contributed by atoms with Crippen LogP contribution in [0.1, 0.15) is 38.0 Å². The summed E-state index contributed by atoms with van der Waals surface area (Å²) >= 11 is 0. The highest BCUT2D eigenvalue weighted by Crippen LogP contribution is 2.64. The molecule has 3 nitrogen and oxygen atoms in total. The molecular formula is C20H26NO2P. The van der Waals surface area contributed by atoms with Gasteiger partial charge < -0.3 is 4.52 Å². The van der Waals surface area contributed by atoms with Crippen LogP contribution in [0.2, 0.25) is 0 Å². The average Bonchev–Trinajstić information content (AvgIpc) is 2.90. The van der Waals surface area contributed by atoms with Crippen molar-refractivity contribution in [2.45, 2.75) is 45.4 Å². The van der Waals surface area contributed by atoms with Gasteiger partial charge in [-0.3, -0.25) is 4.57 Å². The molecule has 0 aliphatic carbocycles. The molecule has 0 radical (unpaired) electrons. The standard InChI is InChI=1S/C20H26NO2P/c1-4-24(22)21(16(2)3)19(15-17-11-7-5-8-12-17)20(23-24)18-13-9-6-10-14-18/h5-14,16,19-20H,4,15H2,1-3H3/t19-,20+,24+/m0/s1. The summed E-state index contributed by atoms with van der Waals surface area (Å²) < 4.78 is 21.8. The lowest BCUT2D eigenvalue weighted by Crippen LogP contribution is -2.37. The minimum Gasteiger partial charge on any atom is -0.308 e. The number of hydrogen-bond donors (Lipinski definition) is 0. The van der Waals surface area contributed by atoms with Crippen LogP contribution in [-0.4, -0.2) is 22.9 Å². The summed E-state index contributed by atoms with van der Waals surface area (Å²) in [6, 6.07) is 20.9. The van der Waals surface area contributed by atoms with E-state index in [4.69, 9.17) is 4.52 Å². The Labute approximate surface area is 145 Å². The van der Waals surface area contributed by atoms with E-state index in [0.29, 0.717) is 6.16 Å². The minimum atomic E-state index is -2.80. The first-order valence-corrected chi connectivity index (χ1v) is 10.5. The zero-order chi connectivity index (χ0) is 17.2. The number of rotatable bonds is 5. The van der Waals surface area contributed by atoms with Gasteiger partial charge >= 0.3 is 0 Å². The molecule has 2 aromatic carbocycles. The topological polar surface area (TPSA) is 29.5 Å². The third kappa shape index (κ3) is 3.35. The summed E-state index contributed by atoms with van der Waals surface area (Å²) in [5, 5.41) is 0. The van der Waals surface area contributed by atoms with E-state index in [1.54, 1.807) is 0 Å². The first-order valence-electron chi connectivity index (χ1n) is 8.70. The van der Waals surface area contributed by atoms with Gasteiger partial charge in [-0.2, -0.15) is 0 Å². The first-order chi connectivity index (χ1) is 11.5. The van der Waals surface area contributed by atoms with Crippen LogP contribution in [0.4, 0.5) is 0 Å². The third-order valence-electron chi connectivity index (χ3n) is 4.66. The van der Waals surface area contributed by atoms with Gasteiger partial charge in [0, 0.05) is 12.2 Å². The highest BCUT2D eigenvalue weighted by Gasteiger charge is 2.50. The van der Waals surface area contributed by atoms with Gasteiger partial charge in [0.05, 0.1) is 6.04 Å². The predicted molar refractivity (Wildman–Crippen MR) is 99.3 cm³/mol. The lowest BCUT2D eigenvalue weighted by Gasteiger charge is -2.31. The summed E-state index contributed by atoms with van der Waals surface area (Å²) in [5.41, 5.74) is 2.36. The summed E-state index contributed by atoms with van der Waals surface area (Å²) in [4.78, 5) is 0. The van der Waals surface area contributed by atoms with Crippen LogP contribution < -0.4 is 0 Å². The Kier molecular flexibility index (Phi) is 5.24. The SMILES string of the molecule is CC[P@@]1(=O)O[C@H](c2ccccc2)[C@H](Cc2ccccc2)N1C(C)C. The zero-order valence-electron chi connectivity index (χ0n) is 14.6. The molecule has 0 unspecified atom stereocenters. The van der Waals surface area contributed by atoms with Crippen LogP contribution in [0.5, 0.6) is 0 Å². The summed E-state index contributed by atoms with van der Waals surface area (Å²) in [6.45, 7) is 6.18. The molecular weight excluding hydrogens is 317 g/mol. The van der Waals surface area contributed by atoms with Gasteiger partial charge in [-0.25, -0.2) is 4.67 Å². The van der Waals surface area contributed by atoms with E-state index in [2.05, 4.69) is 54.9 Å². The molecule has 1 heterocycles. The summed E-state index contributed by atoms with van der Waals surface area (Å²) in [6.07, 6.45) is 1.22. The van der Waals surface area contributed by atoms with E-state index in [1.165, 1.54) is 5.56 Å². The lowest BCUT2D eigenvalue weighted by molar-refractivity contribution is 0.185. The van der Waals surface area contributed by atoms with Crippen LogP contribution in [-0.2, 0) is 15.5 Å². The molecule has 1 aliphatic heterocycles. The molecule has 1 saturated heterocycles. The van der Waals surface area contributed by atoms with Crippen molar-refractivity contribution >= 4 is 7.52 Å². The van der Waals surface area contributed by atoms with E-state index in [0.717, 1.165) is 12.0 Å². The maximum atomic E-state index is 13.4. The normalized spacial score (nSPS) is 27.7. The maximum absolute atomic E-state index is 13.4. The predicted octanol–water partition coefficient (Wildman–Crippen LogP) is 5.29. The van der Waals surface area contributed by atoms with Gasteiger partial charge in [0.1, 0.15) is 6.10 Å². The molecule has 3 rings (SSSR count). The first kappa shape index (κ1) is 17.4. The van der Waals surface area contributed by atoms with E-state index < -0.39 is 7.52 Å². The third-order valence-corrected chi connectivity index (χ3v) is 7.48. The molecule has 24 heavy (non-hydrogen) atoms. The van der Waals surface area contributed by atoms with Gasteiger partial charge in [-0.1, -0.05) is 67.6 Å². The van der Waals surface area contributed by atoms with E-state index in [-0.39, 0.29) is 18.2 Å². The van der Waals surface area contributed by atoms with Crippen LogP contribution in [0.25, 0.3) is 0 Å². The average molecular weight is 343 g/mol. The highest BCUT2D eigenvalue weighted by atomic mass is 31.2. The molecule has 0 N–H and O–H groups in total. The Balaban J connectivity index is 2.01. The Bertz CT molecular complexity index is 702. The van der Waals surface area contributed by atoms with Crippen LogP contribution in [0.3, 0.4) is 0 Å². The molecule has 1 fully saturated rings. The fraction of sp³-hybridized carbons (Fsp3) is 0.400. The molecule has 0 aromatic heterocycles. The zero-order valence-corrected chi connectivity index (χ0v) is 15.5. The Morgan fingerprint density at radius 1 is 1.04 bits per heavy atom. The van der Waals surface area contributed by atoms with E-state index >= 15 is 0 Å². The van der Waals surface area contributed by atoms with Crippen molar-refractivity contribution in [3.63, 3.8) is 0 Å². The number of benzene rings is 2. The van der Waals surface area contributed by atoms with Crippen LogP contribution in [0, 0.1) is 0 Å². The van der Waals surface area contributed by atoms with Crippen molar-refractivity contribution in [1.29, 1.82) is 0 Å². The highest BCUT2D eigenvalue weighted by molar-refractivity contribution is 7.56. The molecule has 2 aromatic rings. The largest absolute Gasteiger partial charge is 0.308 e. The van der Waals surface area contributed by atoms with Crippen molar-refractivity contribution < 1.29 is 9.09 Å². The molecule has 128 valence electrons. The van der Waals surface area contributed by atoms with Crippen LogP contribution >= 0.6 is 7.52 Å². The molecule has 0 spiro atoms. The van der Waals surface area contributed by atoms with Crippen molar-refractivity contribution in [3.05, 3.63) is 71.8 Å². The van der Waals surface area contributed by atoms with Crippen molar-refractivity contribution in [3.8, 4) is 0 Å². The second-order valence-corrected chi connectivity index (χ2v) is 9.20. The smallest absolute Gasteiger partial charge is 0.273 e. The summed E-state index contributed by atoms with van der Waals surface area (Å²) in [5.74, 6) is 0. The molecule has 4 heteroatoms. The van der Waals surface area contributed by atoms with E-state index in [1.807, 2.05) is 31.2 Å². The maximum Gasteiger partial charge on any atom is 0.273 e. The van der Waals surface area contributed by atoms with Gasteiger partial charge in [0.2, 0.25) is 0 Å². The molecule has 0 bridgehead atoms. The van der Waals surface area contributed by atoms with Crippen molar-refractivity contribution in [1.82, 2.24) is 4.67 Å². The van der Waals surface area contributed by atoms with Gasteiger partial charge in [-0.15, -0.1) is 0 Å². The van der Waals surface area contributed by atoms with Crippen molar-refractivity contribution in [2.75, 3.05) is 6.16 Å². The number of hydrogen-bond acceptors (Lipinski definition) is 2. The Hall–Kier alpha value is -1.41. The second-order valence-electron chi connectivity index (χ2n) is 6.62.